The lowest BCUT2D eigenvalue weighted by atomic mass is 9.33. The van der Waals surface area contributed by atoms with Gasteiger partial charge in [-0.2, -0.15) is 0 Å². The van der Waals surface area contributed by atoms with Gasteiger partial charge < -0.3 is 21.7 Å². The van der Waals surface area contributed by atoms with Crippen LogP contribution in [0.3, 0.4) is 0 Å². The molecule has 0 unspecified atom stereocenters. The minimum atomic E-state index is -0.273. The van der Waals surface area contributed by atoms with Crippen LogP contribution in [0.2, 0.25) is 0 Å². The van der Waals surface area contributed by atoms with Gasteiger partial charge in [0.15, 0.2) is 0 Å². The van der Waals surface area contributed by atoms with E-state index in [2.05, 4.69) is 70.5 Å². The van der Waals surface area contributed by atoms with Gasteiger partial charge in [-0.3, -0.25) is 9.59 Å². The van der Waals surface area contributed by atoms with Gasteiger partial charge in [-0.05, 0) is 156 Å². The lowest BCUT2D eigenvalue weighted by molar-refractivity contribution is -0.187. The standard InChI is InChI=1S/C40H70N4O2/c1-28-14-19-40(35(46)44-27-11-26-43-24-9-8-23-42-25-10-22-41)21-20-38(6)30(34(40)29(28)2)12-13-32-37(5)17-16-33(45)36(3,4)31(37)15-18-39(32,38)7/h12,28-29,31-32,34,42-43H,8-11,13-27,41H2,1-7H3,(H,44,46)/t28-,29+,31+,32-,34+,37+,38-,39-,40+/m1/s1. The van der Waals surface area contributed by atoms with E-state index in [4.69, 9.17) is 5.73 Å². The molecule has 9 atom stereocenters. The molecule has 262 valence electrons. The average molecular weight is 639 g/mol. The van der Waals surface area contributed by atoms with E-state index < -0.39 is 0 Å². The second-order valence-corrected chi connectivity index (χ2v) is 17.9. The van der Waals surface area contributed by atoms with Crippen LogP contribution in [0, 0.1) is 56.7 Å². The molecule has 4 saturated carbocycles. The summed E-state index contributed by atoms with van der Waals surface area (Å²) >= 11 is 0. The summed E-state index contributed by atoms with van der Waals surface area (Å²) in [6, 6.07) is 0. The SMILES string of the molecule is C[C@H]1[C@H](C)CC[C@]2(C(=O)NCCCNCCCCNCCCN)CC[C@]3(C)C(=CC[C@@H]4[C@@]5(C)CCC(=O)C(C)(C)[C@@H]5CC[C@]43C)[C@H]12. The molecule has 5 N–H and O–H groups in total. The van der Waals surface area contributed by atoms with Gasteiger partial charge in [-0.25, -0.2) is 0 Å². The van der Waals surface area contributed by atoms with Crippen molar-refractivity contribution < 1.29 is 9.59 Å². The van der Waals surface area contributed by atoms with Crippen molar-refractivity contribution in [1.82, 2.24) is 16.0 Å². The summed E-state index contributed by atoms with van der Waals surface area (Å²) in [5, 5.41) is 10.5. The van der Waals surface area contributed by atoms with E-state index >= 15 is 0 Å². The minimum absolute atomic E-state index is 0.110. The third-order valence-corrected chi connectivity index (χ3v) is 15.5. The molecule has 4 fully saturated rings. The Morgan fingerprint density at radius 3 is 2.20 bits per heavy atom. The van der Waals surface area contributed by atoms with Crippen LogP contribution in [0.15, 0.2) is 11.6 Å². The normalized spacial score (nSPS) is 41.4. The Hall–Kier alpha value is -1.24. The number of carbonyl (C=O) groups excluding carboxylic acids is 2. The summed E-state index contributed by atoms with van der Waals surface area (Å²) in [7, 11) is 0. The van der Waals surface area contributed by atoms with Gasteiger partial charge in [-0.1, -0.05) is 60.1 Å². The Bertz CT molecular complexity index is 1130. The van der Waals surface area contributed by atoms with Crippen LogP contribution in [0.1, 0.15) is 132 Å². The maximum Gasteiger partial charge on any atom is 0.226 e. The molecule has 6 heteroatoms. The van der Waals surface area contributed by atoms with Crippen LogP contribution in [-0.2, 0) is 9.59 Å². The number of allylic oxidation sites excluding steroid dienone is 2. The highest BCUT2D eigenvalue weighted by Crippen LogP contribution is 2.75. The molecule has 0 aromatic carbocycles. The molecule has 0 spiro atoms. The van der Waals surface area contributed by atoms with Crippen molar-refractivity contribution in [2.24, 2.45) is 62.4 Å². The zero-order valence-electron chi connectivity index (χ0n) is 30.8. The molecule has 0 saturated heterocycles. The van der Waals surface area contributed by atoms with E-state index in [1.54, 1.807) is 5.57 Å². The number of amides is 1. The van der Waals surface area contributed by atoms with Crippen molar-refractivity contribution in [2.75, 3.05) is 39.3 Å². The number of nitrogens with two attached hydrogens (primary N) is 1. The first-order valence-electron chi connectivity index (χ1n) is 19.4. The molecular formula is C40H70N4O2. The van der Waals surface area contributed by atoms with Gasteiger partial charge in [0, 0.05) is 18.4 Å². The summed E-state index contributed by atoms with van der Waals surface area (Å²) in [4.78, 5) is 27.5. The van der Waals surface area contributed by atoms with Crippen LogP contribution in [-0.4, -0.2) is 51.0 Å². The number of unbranched alkanes of at least 4 members (excludes halogenated alkanes) is 1. The van der Waals surface area contributed by atoms with Crippen molar-refractivity contribution in [1.29, 1.82) is 0 Å². The number of Topliss-reactive ketones (excluding diaryl/α,β-unsaturated/α-hetero) is 1. The van der Waals surface area contributed by atoms with Crippen molar-refractivity contribution >= 4 is 11.7 Å². The Morgan fingerprint density at radius 1 is 0.826 bits per heavy atom. The Balaban J connectivity index is 1.26. The highest BCUT2D eigenvalue weighted by Gasteiger charge is 2.69. The molecule has 1 amide bonds. The molecular weight excluding hydrogens is 568 g/mol. The van der Waals surface area contributed by atoms with Crippen LogP contribution in [0.5, 0.6) is 0 Å². The fraction of sp³-hybridized carbons (Fsp3) is 0.900. The highest BCUT2D eigenvalue weighted by atomic mass is 16.2. The van der Waals surface area contributed by atoms with Crippen molar-refractivity contribution in [3.63, 3.8) is 0 Å². The summed E-state index contributed by atoms with van der Waals surface area (Å²) < 4.78 is 0. The summed E-state index contributed by atoms with van der Waals surface area (Å²) in [6.07, 6.45) is 16.6. The molecule has 46 heavy (non-hydrogen) atoms. The van der Waals surface area contributed by atoms with Gasteiger partial charge in [-0.15, -0.1) is 0 Å². The number of nitrogens with one attached hydrogen (secondary N) is 3. The second kappa shape index (κ2) is 13.9. The predicted molar refractivity (Wildman–Crippen MR) is 190 cm³/mol. The first-order chi connectivity index (χ1) is 21.8. The molecule has 0 bridgehead atoms. The van der Waals surface area contributed by atoms with Gasteiger partial charge in [0.05, 0.1) is 5.41 Å². The topological polar surface area (TPSA) is 96.2 Å². The van der Waals surface area contributed by atoms with Crippen molar-refractivity contribution in [3.8, 4) is 0 Å². The van der Waals surface area contributed by atoms with Crippen LogP contribution in [0.4, 0.5) is 0 Å². The van der Waals surface area contributed by atoms with Gasteiger partial charge in [0.2, 0.25) is 5.91 Å². The highest BCUT2D eigenvalue weighted by molar-refractivity contribution is 5.86. The van der Waals surface area contributed by atoms with E-state index in [-0.39, 0.29) is 27.1 Å². The molecule has 0 heterocycles. The van der Waals surface area contributed by atoms with E-state index in [1.807, 2.05) is 0 Å². The van der Waals surface area contributed by atoms with Crippen LogP contribution < -0.4 is 21.7 Å². The number of fused-ring (bicyclic) bond motifs is 7. The maximum absolute atomic E-state index is 14.4. The number of hydrogen-bond donors (Lipinski definition) is 4. The molecule has 5 aliphatic carbocycles. The summed E-state index contributed by atoms with van der Waals surface area (Å²) in [6.45, 7) is 22.7. The average Bonchev–Trinajstić information content (AvgIpc) is 3.01. The summed E-state index contributed by atoms with van der Waals surface area (Å²) in [5.41, 5.74) is 7.21. The maximum atomic E-state index is 14.4. The van der Waals surface area contributed by atoms with E-state index in [0.29, 0.717) is 41.3 Å². The first kappa shape index (κ1) is 36.1. The van der Waals surface area contributed by atoms with Crippen molar-refractivity contribution in [2.45, 2.75) is 132 Å². The zero-order valence-corrected chi connectivity index (χ0v) is 30.8. The van der Waals surface area contributed by atoms with E-state index in [1.165, 1.54) is 19.3 Å². The summed E-state index contributed by atoms with van der Waals surface area (Å²) in [5.74, 6) is 3.36. The molecule has 0 aromatic heterocycles. The predicted octanol–water partition coefficient (Wildman–Crippen LogP) is 7.03. The Kier molecular flexibility index (Phi) is 10.9. The van der Waals surface area contributed by atoms with Crippen LogP contribution >= 0.6 is 0 Å². The quantitative estimate of drug-likeness (QED) is 0.128. The Morgan fingerprint density at radius 2 is 1.50 bits per heavy atom. The third-order valence-electron chi connectivity index (χ3n) is 15.5. The molecule has 0 aliphatic heterocycles. The molecule has 0 aromatic rings. The smallest absolute Gasteiger partial charge is 0.226 e. The number of ketones is 1. The third kappa shape index (κ3) is 5.97. The van der Waals surface area contributed by atoms with Crippen molar-refractivity contribution in [3.05, 3.63) is 11.6 Å². The van der Waals surface area contributed by atoms with Gasteiger partial charge in [0.1, 0.15) is 5.78 Å². The minimum Gasteiger partial charge on any atom is -0.356 e. The fourth-order valence-corrected chi connectivity index (χ4v) is 12.2. The number of hydrogen-bond acceptors (Lipinski definition) is 5. The molecule has 0 radical (unpaired) electrons. The Labute approximate surface area is 282 Å². The lowest BCUT2D eigenvalue weighted by Gasteiger charge is -2.71. The largest absolute Gasteiger partial charge is 0.356 e. The second-order valence-electron chi connectivity index (χ2n) is 17.9. The molecule has 6 nitrogen and oxygen atoms in total. The van der Waals surface area contributed by atoms with Crippen LogP contribution in [0.25, 0.3) is 0 Å². The lowest BCUT2D eigenvalue weighted by Crippen LogP contribution is -2.65. The monoisotopic (exact) mass is 639 g/mol. The molecule has 5 aliphatic rings. The fourth-order valence-electron chi connectivity index (χ4n) is 12.2. The van der Waals surface area contributed by atoms with Gasteiger partial charge in [0.25, 0.3) is 0 Å². The number of rotatable bonds is 13. The van der Waals surface area contributed by atoms with Gasteiger partial charge >= 0.3 is 0 Å². The number of carbonyl (C=O) groups is 2. The zero-order chi connectivity index (χ0) is 33.4. The first-order valence-corrected chi connectivity index (χ1v) is 19.4. The van der Waals surface area contributed by atoms with E-state index in [9.17, 15) is 9.59 Å². The molecule has 5 rings (SSSR count). The van der Waals surface area contributed by atoms with E-state index in [0.717, 1.165) is 103 Å².